The molecule has 1 aliphatic heterocycles. The number of rotatable bonds is 6. The van der Waals surface area contributed by atoms with Gasteiger partial charge in [0.05, 0.1) is 27.1 Å². The number of carbonyl (C=O) groups is 3. The molecule has 1 aliphatic rings. The molecule has 0 spiro atoms. The molecule has 9 nitrogen and oxygen atoms in total. The number of methoxy groups -OCH3 is 2. The molecule has 35 heavy (non-hydrogen) atoms. The van der Waals surface area contributed by atoms with E-state index in [0.717, 1.165) is 16.7 Å². The first-order valence-corrected chi connectivity index (χ1v) is 11.2. The van der Waals surface area contributed by atoms with Gasteiger partial charge < -0.3 is 19.4 Å². The average Bonchev–Trinajstić information content (AvgIpc) is 3.28. The van der Waals surface area contributed by atoms with Gasteiger partial charge in [-0.25, -0.2) is 9.78 Å². The highest BCUT2D eigenvalue weighted by molar-refractivity contribution is 6.15. The highest BCUT2D eigenvalue weighted by atomic mass is 16.5. The summed E-state index contributed by atoms with van der Waals surface area (Å²) < 4.78 is 11.8. The fraction of sp³-hybridized carbons (Fsp3) is 0.308. The molecule has 0 aliphatic carbocycles. The van der Waals surface area contributed by atoms with E-state index in [9.17, 15) is 14.4 Å². The number of nitrogens with zero attached hydrogens (tertiary/aromatic N) is 3. The molecular formula is C26H28N4O5. The van der Waals surface area contributed by atoms with E-state index < -0.39 is 17.4 Å². The van der Waals surface area contributed by atoms with Crippen molar-refractivity contribution in [1.29, 1.82) is 0 Å². The minimum Gasteiger partial charge on any atom is -0.496 e. The number of benzene rings is 2. The van der Waals surface area contributed by atoms with Crippen molar-refractivity contribution in [3.63, 3.8) is 0 Å². The Hall–Kier alpha value is -4.14. The summed E-state index contributed by atoms with van der Waals surface area (Å²) in [5.41, 5.74) is 1.86. The Bertz CT molecular complexity index is 1310. The molecule has 2 amide bonds. The van der Waals surface area contributed by atoms with Crippen LogP contribution in [0.2, 0.25) is 0 Å². The van der Waals surface area contributed by atoms with Crippen molar-refractivity contribution < 1.29 is 23.9 Å². The Kier molecular flexibility index (Phi) is 6.34. The van der Waals surface area contributed by atoms with Crippen LogP contribution in [0, 0.1) is 13.8 Å². The lowest BCUT2D eigenvalue weighted by atomic mass is 9.92. The molecular weight excluding hydrogens is 448 g/mol. The molecule has 2 heterocycles. The maximum absolute atomic E-state index is 13.9. The van der Waals surface area contributed by atoms with Gasteiger partial charge in [0.15, 0.2) is 5.69 Å². The van der Waals surface area contributed by atoms with Crippen LogP contribution in [0.15, 0.2) is 48.8 Å². The van der Waals surface area contributed by atoms with E-state index >= 15 is 0 Å². The Morgan fingerprint density at radius 1 is 1.14 bits per heavy atom. The predicted molar refractivity (Wildman–Crippen MR) is 130 cm³/mol. The van der Waals surface area contributed by atoms with E-state index in [4.69, 9.17) is 9.47 Å². The normalized spacial score (nSPS) is 17.1. The van der Waals surface area contributed by atoms with Gasteiger partial charge in [-0.15, -0.1) is 0 Å². The molecule has 9 heteroatoms. The van der Waals surface area contributed by atoms with Crippen molar-refractivity contribution in [2.75, 3.05) is 19.1 Å². The van der Waals surface area contributed by atoms with Gasteiger partial charge in [0.2, 0.25) is 5.91 Å². The van der Waals surface area contributed by atoms with Crippen molar-refractivity contribution >= 4 is 23.5 Å². The zero-order chi connectivity index (χ0) is 25.3. The number of anilines is 1. The summed E-state index contributed by atoms with van der Waals surface area (Å²) in [6.07, 6.45) is 1.39. The van der Waals surface area contributed by atoms with Gasteiger partial charge in [0.1, 0.15) is 17.0 Å². The zero-order valence-corrected chi connectivity index (χ0v) is 20.4. The van der Waals surface area contributed by atoms with Crippen LogP contribution in [-0.2, 0) is 22.6 Å². The van der Waals surface area contributed by atoms with E-state index in [2.05, 4.69) is 10.3 Å². The summed E-state index contributed by atoms with van der Waals surface area (Å²) in [7, 11) is 2.81. The SMILES string of the molecule is COC(=O)c1ncn2c1C(=O)N(c1cc(C)ccc1C)[C@](C)(C(=O)NCc1ccccc1OC)C2. The fourth-order valence-corrected chi connectivity index (χ4v) is 4.43. The quantitative estimate of drug-likeness (QED) is 0.549. The molecule has 0 saturated carbocycles. The predicted octanol–water partition coefficient (Wildman–Crippen LogP) is 3.03. The third-order valence-corrected chi connectivity index (χ3v) is 6.32. The number of ether oxygens (including phenoxy) is 2. The smallest absolute Gasteiger partial charge is 0.359 e. The lowest BCUT2D eigenvalue weighted by molar-refractivity contribution is -0.126. The molecule has 3 aromatic rings. The molecule has 1 N–H and O–H groups in total. The van der Waals surface area contributed by atoms with Gasteiger partial charge in [0.25, 0.3) is 5.91 Å². The molecule has 0 fully saturated rings. The number of nitrogens with one attached hydrogen (secondary N) is 1. The third-order valence-electron chi connectivity index (χ3n) is 6.32. The van der Waals surface area contributed by atoms with Crippen molar-refractivity contribution in [3.8, 4) is 5.75 Å². The highest BCUT2D eigenvalue weighted by Gasteiger charge is 2.50. The maximum Gasteiger partial charge on any atom is 0.359 e. The Morgan fingerprint density at radius 2 is 1.89 bits per heavy atom. The highest BCUT2D eigenvalue weighted by Crippen LogP contribution is 2.36. The van der Waals surface area contributed by atoms with Crippen LogP contribution in [0.5, 0.6) is 5.75 Å². The van der Waals surface area contributed by atoms with Crippen LogP contribution >= 0.6 is 0 Å². The topological polar surface area (TPSA) is 103 Å². The van der Waals surface area contributed by atoms with Crippen LogP contribution in [0.1, 0.15) is 44.6 Å². The lowest BCUT2D eigenvalue weighted by Gasteiger charge is -2.44. The van der Waals surface area contributed by atoms with E-state index in [1.807, 2.05) is 56.3 Å². The van der Waals surface area contributed by atoms with E-state index in [1.165, 1.54) is 18.3 Å². The standard InChI is InChI=1S/C26H28N4O5/c1-16-10-11-17(2)19(12-16)30-23(31)22-21(24(32)35-5)28-15-29(22)14-26(30,3)25(33)27-13-18-8-6-7-9-20(18)34-4/h6-12,15H,13-14H2,1-5H3,(H,27,33)/t26-/m0/s1. The summed E-state index contributed by atoms with van der Waals surface area (Å²) in [6.45, 7) is 5.83. The molecule has 2 aromatic carbocycles. The first-order chi connectivity index (χ1) is 16.7. The average molecular weight is 477 g/mol. The molecule has 0 unspecified atom stereocenters. The second-order valence-electron chi connectivity index (χ2n) is 8.76. The molecule has 0 radical (unpaired) electrons. The molecule has 1 atom stereocenters. The number of hydrogen-bond acceptors (Lipinski definition) is 6. The number of para-hydroxylation sites is 1. The summed E-state index contributed by atoms with van der Waals surface area (Å²) in [6, 6.07) is 13.1. The van der Waals surface area contributed by atoms with Crippen LogP contribution in [0.4, 0.5) is 5.69 Å². The van der Waals surface area contributed by atoms with Gasteiger partial charge in [0, 0.05) is 17.8 Å². The second-order valence-corrected chi connectivity index (χ2v) is 8.76. The van der Waals surface area contributed by atoms with Crippen molar-refractivity contribution in [2.45, 2.75) is 39.4 Å². The Morgan fingerprint density at radius 3 is 2.60 bits per heavy atom. The van der Waals surface area contributed by atoms with Gasteiger partial charge >= 0.3 is 5.97 Å². The summed E-state index contributed by atoms with van der Waals surface area (Å²) in [4.78, 5) is 45.6. The minimum absolute atomic E-state index is 0.0794. The molecule has 182 valence electrons. The molecule has 4 rings (SSSR count). The van der Waals surface area contributed by atoms with Gasteiger partial charge in [-0.05, 0) is 44.0 Å². The summed E-state index contributed by atoms with van der Waals surface area (Å²) >= 11 is 0. The molecule has 0 bridgehead atoms. The molecule has 1 aromatic heterocycles. The van der Waals surface area contributed by atoms with Crippen LogP contribution in [-0.4, -0.2) is 47.1 Å². The maximum atomic E-state index is 13.9. The van der Waals surface area contributed by atoms with Crippen LogP contribution in [0.25, 0.3) is 0 Å². The van der Waals surface area contributed by atoms with Crippen LogP contribution < -0.4 is 15.0 Å². The van der Waals surface area contributed by atoms with Gasteiger partial charge in [-0.1, -0.05) is 30.3 Å². The summed E-state index contributed by atoms with van der Waals surface area (Å²) in [5.74, 6) is -0.907. The van der Waals surface area contributed by atoms with E-state index in [0.29, 0.717) is 11.4 Å². The zero-order valence-electron chi connectivity index (χ0n) is 20.4. The second kappa shape index (κ2) is 9.25. The summed E-state index contributed by atoms with van der Waals surface area (Å²) in [5, 5.41) is 2.97. The van der Waals surface area contributed by atoms with E-state index in [1.54, 1.807) is 18.6 Å². The number of hydrogen-bond donors (Lipinski definition) is 1. The third kappa shape index (κ3) is 4.14. The number of fused-ring (bicyclic) bond motifs is 1. The number of aromatic nitrogens is 2. The monoisotopic (exact) mass is 476 g/mol. The molecule has 0 saturated heterocycles. The first-order valence-electron chi connectivity index (χ1n) is 11.2. The number of carbonyl (C=O) groups excluding carboxylic acids is 3. The number of esters is 1. The fourth-order valence-electron chi connectivity index (χ4n) is 4.43. The number of imidazole rings is 1. The van der Waals surface area contributed by atoms with Gasteiger partial charge in [-0.2, -0.15) is 0 Å². The first kappa shape index (κ1) is 24.0. The minimum atomic E-state index is -1.31. The van der Waals surface area contributed by atoms with Crippen molar-refractivity contribution in [2.24, 2.45) is 0 Å². The Balaban J connectivity index is 1.79. The number of aryl methyl sites for hydroxylation is 2. The van der Waals surface area contributed by atoms with Crippen LogP contribution in [0.3, 0.4) is 0 Å². The largest absolute Gasteiger partial charge is 0.496 e. The number of amides is 2. The lowest BCUT2D eigenvalue weighted by Crippen LogP contribution is -2.64. The van der Waals surface area contributed by atoms with E-state index in [-0.39, 0.29) is 30.4 Å². The van der Waals surface area contributed by atoms with Gasteiger partial charge in [-0.3, -0.25) is 14.5 Å². The van der Waals surface area contributed by atoms with Crippen molar-refractivity contribution in [1.82, 2.24) is 14.9 Å². The Labute approximate surface area is 203 Å². The van der Waals surface area contributed by atoms with Crippen molar-refractivity contribution in [3.05, 3.63) is 76.9 Å².